The highest BCUT2D eigenvalue weighted by Crippen LogP contribution is 2.15. The molecule has 0 saturated heterocycles. The Morgan fingerprint density at radius 3 is 3.14 bits per heavy atom. The highest BCUT2D eigenvalue weighted by atomic mass is 16.4. The molecule has 0 spiro atoms. The molecule has 0 unspecified atom stereocenters. The number of amides is 1. The van der Waals surface area contributed by atoms with E-state index in [1.807, 2.05) is 0 Å². The van der Waals surface area contributed by atoms with Crippen molar-refractivity contribution in [3.63, 3.8) is 0 Å². The van der Waals surface area contributed by atoms with E-state index in [2.05, 4.69) is 15.4 Å². The number of anilines is 1. The molecule has 14 heavy (non-hydrogen) atoms. The second kappa shape index (κ2) is 2.99. The van der Waals surface area contributed by atoms with Crippen LogP contribution in [0.5, 0.6) is 0 Å². The topological polar surface area (TPSA) is 79.5 Å². The molecule has 0 fully saturated rings. The van der Waals surface area contributed by atoms with Crippen molar-refractivity contribution in [1.29, 1.82) is 0 Å². The highest BCUT2D eigenvalue weighted by Gasteiger charge is 2.04. The van der Waals surface area contributed by atoms with Crippen LogP contribution in [0.15, 0.2) is 18.6 Å². The molecule has 2 aromatic heterocycles. The maximum absolute atomic E-state index is 10.4. The number of hydrogen-bond donors (Lipinski definition) is 2. The molecule has 6 nitrogen and oxygen atoms in total. The third kappa shape index (κ3) is 1.37. The van der Waals surface area contributed by atoms with Crippen LogP contribution in [0.1, 0.15) is 5.56 Å². The number of hydrogen-bond acceptors (Lipinski definition) is 3. The summed E-state index contributed by atoms with van der Waals surface area (Å²) in [6.07, 6.45) is 1.91. The fourth-order valence-corrected chi connectivity index (χ4v) is 1.20. The van der Waals surface area contributed by atoms with Gasteiger partial charge in [0.15, 0.2) is 5.65 Å². The molecule has 0 radical (unpaired) electrons. The number of nitrogens with one attached hydrogen (secondary N) is 1. The molecule has 0 saturated carbocycles. The number of pyridine rings is 1. The van der Waals surface area contributed by atoms with E-state index in [4.69, 9.17) is 5.11 Å². The molecule has 0 aliphatic heterocycles. The lowest BCUT2D eigenvalue weighted by atomic mass is 10.2. The van der Waals surface area contributed by atoms with Gasteiger partial charge in [-0.15, -0.1) is 0 Å². The second-order valence-corrected chi connectivity index (χ2v) is 2.86. The molecule has 2 rings (SSSR count). The van der Waals surface area contributed by atoms with Crippen molar-refractivity contribution in [3.05, 3.63) is 24.2 Å². The standard InChI is InChI=1S/C8H8N4O2/c1-5-2-7-9-4-10-12(7)3-6(5)11-8(13)14/h2-4,11H,1H3,(H,13,14). The molecule has 2 aromatic rings. The largest absolute Gasteiger partial charge is 0.465 e. The van der Waals surface area contributed by atoms with E-state index < -0.39 is 6.09 Å². The molecule has 2 N–H and O–H groups in total. The van der Waals surface area contributed by atoms with E-state index in [9.17, 15) is 4.79 Å². The Hall–Kier alpha value is -2.11. The number of aromatic nitrogens is 3. The van der Waals surface area contributed by atoms with Gasteiger partial charge >= 0.3 is 6.09 Å². The van der Waals surface area contributed by atoms with Gasteiger partial charge in [-0.05, 0) is 18.6 Å². The summed E-state index contributed by atoms with van der Waals surface area (Å²) in [5, 5.41) is 14.7. The van der Waals surface area contributed by atoms with E-state index >= 15 is 0 Å². The number of rotatable bonds is 1. The second-order valence-electron chi connectivity index (χ2n) is 2.86. The van der Waals surface area contributed by atoms with Gasteiger partial charge in [0.05, 0.1) is 11.9 Å². The van der Waals surface area contributed by atoms with Crippen LogP contribution in [0.2, 0.25) is 0 Å². The maximum Gasteiger partial charge on any atom is 0.409 e. The molecule has 6 heteroatoms. The summed E-state index contributed by atoms with van der Waals surface area (Å²) in [7, 11) is 0. The molecule has 0 aliphatic rings. The van der Waals surface area contributed by atoms with Gasteiger partial charge < -0.3 is 5.11 Å². The Labute approximate surface area is 79.2 Å². The predicted octanol–water partition coefficient (Wildman–Crippen LogP) is 1.13. The van der Waals surface area contributed by atoms with Gasteiger partial charge in [0.2, 0.25) is 0 Å². The van der Waals surface area contributed by atoms with Crippen molar-refractivity contribution < 1.29 is 9.90 Å². The van der Waals surface area contributed by atoms with E-state index in [-0.39, 0.29) is 0 Å². The van der Waals surface area contributed by atoms with E-state index in [1.165, 1.54) is 10.8 Å². The Bertz CT molecular complexity index is 491. The summed E-state index contributed by atoms with van der Waals surface area (Å²) >= 11 is 0. The zero-order valence-electron chi connectivity index (χ0n) is 7.43. The zero-order chi connectivity index (χ0) is 10.1. The normalized spacial score (nSPS) is 10.4. The maximum atomic E-state index is 10.4. The van der Waals surface area contributed by atoms with Crippen LogP contribution < -0.4 is 5.32 Å². The van der Waals surface area contributed by atoms with Gasteiger partial charge in [-0.25, -0.2) is 14.3 Å². The lowest BCUT2D eigenvalue weighted by Gasteiger charge is -2.04. The van der Waals surface area contributed by atoms with E-state index in [0.717, 1.165) is 5.56 Å². The Balaban J connectivity index is 2.53. The first-order chi connectivity index (χ1) is 6.66. The molecule has 1 amide bonds. The number of aryl methyl sites for hydroxylation is 1. The van der Waals surface area contributed by atoms with Crippen LogP contribution >= 0.6 is 0 Å². The van der Waals surface area contributed by atoms with Crippen molar-refractivity contribution in [1.82, 2.24) is 14.6 Å². The predicted molar refractivity (Wildman–Crippen MR) is 49.4 cm³/mol. The van der Waals surface area contributed by atoms with Gasteiger partial charge in [-0.3, -0.25) is 5.32 Å². The van der Waals surface area contributed by atoms with Gasteiger partial charge in [0.25, 0.3) is 0 Å². The first-order valence-corrected chi connectivity index (χ1v) is 3.97. The summed E-state index contributed by atoms with van der Waals surface area (Å²) in [6.45, 7) is 1.81. The molecular formula is C8H8N4O2. The van der Waals surface area contributed by atoms with Crippen LogP contribution in [0.25, 0.3) is 5.65 Å². The molecule has 0 aliphatic carbocycles. The summed E-state index contributed by atoms with van der Waals surface area (Å²) in [4.78, 5) is 14.4. The van der Waals surface area contributed by atoms with E-state index in [0.29, 0.717) is 11.3 Å². The first-order valence-electron chi connectivity index (χ1n) is 3.97. The Morgan fingerprint density at radius 2 is 2.43 bits per heavy atom. The van der Waals surface area contributed by atoms with Crippen LogP contribution in [0, 0.1) is 6.92 Å². The third-order valence-corrected chi connectivity index (χ3v) is 1.86. The average molecular weight is 192 g/mol. The van der Waals surface area contributed by atoms with Gasteiger partial charge in [0.1, 0.15) is 6.33 Å². The summed E-state index contributed by atoms with van der Waals surface area (Å²) in [5.41, 5.74) is 2.02. The third-order valence-electron chi connectivity index (χ3n) is 1.86. The van der Waals surface area contributed by atoms with Crippen LogP contribution in [0.3, 0.4) is 0 Å². The lowest BCUT2D eigenvalue weighted by molar-refractivity contribution is 0.209. The van der Waals surface area contributed by atoms with Gasteiger partial charge in [-0.1, -0.05) is 0 Å². The molecule has 0 atom stereocenters. The Morgan fingerprint density at radius 1 is 1.64 bits per heavy atom. The monoisotopic (exact) mass is 192 g/mol. The summed E-state index contributed by atoms with van der Waals surface area (Å²) in [5.74, 6) is 0. The number of fused-ring (bicyclic) bond motifs is 1. The molecule has 72 valence electrons. The van der Waals surface area contributed by atoms with Gasteiger partial charge in [-0.2, -0.15) is 5.10 Å². The minimum atomic E-state index is -1.09. The number of carboxylic acid groups (broad SMARTS) is 1. The minimum Gasteiger partial charge on any atom is -0.465 e. The van der Waals surface area contributed by atoms with Crippen LogP contribution in [-0.2, 0) is 0 Å². The fraction of sp³-hybridized carbons (Fsp3) is 0.125. The smallest absolute Gasteiger partial charge is 0.409 e. The van der Waals surface area contributed by atoms with Crippen molar-refractivity contribution in [2.75, 3.05) is 5.32 Å². The van der Waals surface area contributed by atoms with Crippen molar-refractivity contribution >= 4 is 17.4 Å². The molecule has 0 bridgehead atoms. The SMILES string of the molecule is Cc1cc2ncnn2cc1NC(=O)O. The van der Waals surface area contributed by atoms with Crippen molar-refractivity contribution in [2.24, 2.45) is 0 Å². The highest BCUT2D eigenvalue weighted by molar-refractivity contribution is 5.84. The molecule has 0 aromatic carbocycles. The molecule has 2 heterocycles. The van der Waals surface area contributed by atoms with Gasteiger partial charge in [0, 0.05) is 0 Å². The Kier molecular flexibility index (Phi) is 1.81. The van der Waals surface area contributed by atoms with E-state index in [1.54, 1.807) is 19.2 Å². The quantitative estimate of drug-likeness (QED) is 0.709. The zero-order valence-corrected chi connectivity index (χ0v) is 7.43. The van der Waals surface area contributed by atoms with Crippen molar-refractivity contribution in [2.45, 2.75) is 6.92 Å². The lowest BCUT2D eigenvalue weighted by Crippen LogP contribution is -2.09. The van der Waals surface area contributed by atoms with Crippen molar-refractivity contribution in [3.8, 4) is 0 Å². The van der Waals surface area contributed by atoms with Crippen LogP contribution in [0.4, 0.5) is 10.5 Å². The summed E-state index contributed by atoms with van der Waals surface area (Å²) < 4.78 is 1.51. The van der Waals surface area contributed by atoms with Crippen LogP contribution in [-0.4, -0.2) is 25.8 Å². The summed E-state index contributed by atoms with van der Waals surface area (Å²) in [6, 6.07) is 1.76. The first kappa shape index (κ1) is 8.49. The number of nitrogens with zero attached hydrogens (tertiary/aromatic N) is 3. The fourth-order valence-electron chi connectivity index (χ4n) is 1.20. The minimum absolute atomic E-state index is 0.510. The number of carbonyl (C=O) groups is 1. The molecular weight excluding hydrogens is 184 g/mol. The average Bonchev–Trinajstić information content (AvgIpc) is 2.51.